The maximum absolute atomic E-state index is 12.1. The van der Waals surface area contributed by atoms with E-state index in [0.717, 1.165) is 12.0 Å². The molecule has 112 valence electrons. The van der Waals surface area contributed by atoms with Crippen LogP contribution in [-0.2, 0) is 11.2 Å². The topological polar surface area (TPSA) is 69.6 Å². The summed E-state index contributed by atoms with van der Waals surface area (Å²) in [5, 5.41) is 11.9. The molecule has 1 aliphatic rings. The number of carbonyl (C=O) groups excluding carboxylic acids is 1. The fraction of sp³-hybridized carbons (Fsp3) is 0.375. The Morgan fingerprint density at radius 3 is 2.62 bits per heavy atom. The molecule has 1 atom stereocenters. The maximum Gasteiger partial charge on any atom is 0.326 e. The Morgan fingerprint density at radius 1 is 1.33 bits per heavy atom. The lowest BCUT2D eigenvalue weighted by atomic mass is 10.1. The van der Waals surface area contributed by atoms with Crippen LogP contribution < -0.4 is 5.32 Å². The molecule has 1 heterocycles. The van der Waals surface area contributed by atoms with Crippen molar-refractivity contribution in [3.63, 3.8) is 0 Å². The Bertz CT molecular complexity index is 540. The number of amides is 2. The number of carbonyl (C=O) groups is 2. The molecule has 0 aromatic heterocycles. The number of carboxylic acids is 1. The van der Waals surface area contributed by atoms with Gasteiger partial charge in [-0.1, -0.05) is 42.0 Å². The van der Waals surface area contributed by atoms with Crippen molar-refractivity contribution in [3.05, 3.63) is 47.5 Å². The molecule has 1 aromatic rings. The number of hydrogen-bond acceptors (Lipinski definition) is 2. The van der Waals surface area contributed by atoms with Gasteiger partial charge in [0.05, 0.1) is 0 Å². The quantitative estimate of drug-likeness (QED) is 0.833. The van der Waals surface area contributed by atoms with Crippen LogP contribution >= 0.6 is 0 Å². The number of hydrogen-bond donors (Lipinski definition) is 2. The lowest BCUT2D eigenvalue weighted by molar-refractivity contribution is -0.139. The van der Waals surface area contributed by atoms with E-state index in [-0.39, 0.29) is 12.5 Å². The molecule has 0 aliphatic carbocycles. The Morgan fingerprint density at radius 2 is 2.05 bits per heavy atom. The SMILES string of the molecule is CC1=CCN(C(=O)N[C@H](Cc2ccccc2)C(=O)O)CC1. The number of carboxylic acid groups (broad SMARTS) is 1. The second-order valence-electron chi connectivity index (χ2n) is 5.28. The molecule has 0 spiro atoms. The number of benzene rings is 1. The summed E-state index contributed by atoms with van der Waals surface area (Å²) in [5.74, 6) is -1.02. The minimum Gasteiger partial charge on any atom is -0.480 e. The van der Waals surface area contributed by atoms with E-state index in [0.29, 0.717) is 13.1 Å². The van der Waals surface area contributed by atoms with Gasteiger partial charge in [0.15, 0.2) is 0 Å². The van der Waals surface area contributed by atoms with E-state index in [1.54, 1.807) is 4.90 Å². The molecule has 0 unspecified atom stereocenters. The van der Waals surface area contributed by atoms with Gasteiger partial charge in [0.2, 0.25) is 0 Å². The summed E-state index contributed by atoms with van der Waals surface area (Å²) in [6.45, 7) is 3.20. The van der Waals surface area contributed by atoms with E-state index < -0.39 is 12.0 Å². The zero-order valence-electron chi connectivity index (χ0n) is 12.1. The molecule has 0 bridgehead atoms. The molecule has 5 nitrogen and oxygen atoms in total. The summed E-state index contributed by atoms with van der Waals surface area (Å²) in [7, 11) is 0. The molecule has 5 heteroatoms. The fourth-order valence-electron chi connectivity index (χ4n) is 2.25. The van der Waals surface area contributed by atoms with E-state index >= 15 is 0 Å². The third kappa shape index (κ3) is 4.34. The van der Waals surface area contributed by atoms with Crippen LogP contribution in [0.5, 0.6) is 0 Å². The summed E-state index contributed by atoms with van der Waals surface area (Å²) < 4.78 is 0. The molecule has 0 radical (unpaired) electrons. The van der Waals surface area contributed by atoms with E-state index in [1.807, 2.05) is 43.3 Å². The van der Waals surface area contributed by atoms with Gasteiger partial charge in [-0.25, -0.2) is 9.59 Å². The van der Waals surface area contributed by atoms with Crippen LogP contribution in [0.25, 0.3) is 0 Å². The molecule has 2 rings (SSSR count). The van der Waals surface area contributed by atoms with Crippen molar-refractivity contribution in [1.82, 2.24) is 10.2 Å². The maximum atomic E-state index is 12.1. The van der Waals surface area contributed by atoms with Crippen LogP contribution in [0.3, 0.4) is 0 Å². The standard InChI is InChI=1S/C16H20N2O3/c1-12-7-9-18(10-8-12)16(21)17-14(15(19)20)11-13-5-3-2-4-6-13/h2-7,14H,8-11H2,1H3,(H,17,21)(H,19,20)/t14-/m1/s1. The first-order chi connectivity index (χ1) is 10.1. The predicted molar refractivity (Wildman–Crippen MR) is 80.0 cm³/mol. The van der Waals surface area contributed by atoms with E-state index in [2.05, 4.69) is 5.32 Å². The summed E-state index contributed by atoms with van der Waals surface area (Å²) in [4.78, 5) is 25.1. The lowest BCUT2D eigenvalue weighted by Crippen LogP contribution is -2.49. The van der Waals surface area contributed by atoms with E-state index in [4.69, 9.17) is 0 Å². The van der Waals surface area contributed by atoms with Crippen LogP contribution in [0.4, 0.5) is 4.79 Å². The first-order valence-electron chi connectivity index (χ1n) is 7.04. The Kier molecular flexibility index (Phi) is 4.98. The van der Waals surface area contributed by atoms with Crippen molar-refractivity contribution in [2.45, 2.75) is 25.8 Å². The van der Waals surface area contributed by atoms with Crippen molar-refractivity contribution < 1.29 is 14.7 Å². The van der Waals surface area contributed by atoms with Gasteiger partial charge in [-0.15, -0.1) is 0 Å². The second-order valence-corrected chi connectivity index (χ2v) is 5.28. The summed E-state index contributed by atoms with van der Waals surface area (Å²) in [6, 6.07) is 8.07. The average Bonchev–Trinajstić information content (AvgIpc) is 2.48. The zero-order valence-corrected chi connectivity index (χ0v) is 12.1. The van der Waals surface area contributed by atoms with E-state index in [1.165, 1.54) is 5.57 Å². The van der Waals surface area contributed by atoms with Gasteiger partial charge in [0, 0.05) is 19.5 Å². The van der Waals surface area contributed by atoms with Crippen LogP contribution in [-0.4, -0.2) is 41.1 Å². The average molecular weight is 288 g/mol. The summed E-state index contributed by atoms with van der Waals surface area (Å²) in [5.41, 5.74) is 2.15. The molecule has 2 amide bonds. The molecule has 0 saturated heterocycles. The first kappa shape index (κ1) is 15.1. The fourth-order valence-corrected chi connectivity index (χ4v) is 2.25. The highest BCUT2D eigenvalue weighted by atomic mass is 16.4. The monoisotopic (exact) mass is 288 g/mol. The molecule has 2 N–H and O–H groups in total. The molecular formula is C16H20N2O3. The Balaban J connectivity index is 1.97. The van der Waals surface area contributed by atoms with Crippen molar-refractivity contribution in [2.24, 2.45) is 0 Å². The highest BCUT2D eigenvalue weighted by molar-refractivity contribution is 5.83. The lowest BCUT2D eigenvalue weighted by Gasteiger charge is -2.27. The van der Waals surface area contributed by atoms with Crippen molar-refractivity contribution in [3.8, 4) is 0 Å². The van der Waals surface area contributed by atoms with Crippen LogP contribution in [0.1, 0.15) is 18.9 Å². The first-order valence-corrected chi connectivity index (χ1v) is 7.04. The predicted octanol–water partition coefficient (Wildman–Crippen LogP) is 2.04. The minimum atomic E-state index is -1.02. The van der Waals surface area contributed by atoms with Crippen LogP contribution in [0, 0.1) is 0 Å². The van der Waals surface area contributed by atoms with Gasteiger partial charge in [-0.3, -0.25) is 0 Å². The molecule has 1 aliphatic heterocycles. The van der Waals surface area contributed by atoms with Crippen LogP contribution in [0.2, 0.25) is 0 Å². The minimum absolute atomic E-state index is 0.282. The number of aliphatic carboxylic acids is 1. The smallest absolute Gasteiger partial charge is 0.326 e. The normalized spacial score (nSPS) is 16.0. The highest BCUT2D eigenvalue weighted by Crippen LogP contribution is 2.10. The van der Waals surface area contributed by atoms with Crippen molar-refractivity contribution >= 4 is 12.0 Å². The number of nitrogens with one attached hydrogen (secondary N) is 1. The number of rotatable bonds is 4. The Labute approximate surface area is 124 Å². The van der Waals surface area contributed by atoms with E-state index in [9.17, 15) is 14.7 Å². The summed E-state index contributed by atoms with van der Waals surface area (Å²) in [6.07, 6.45) is 3.12. The molecule has 1 aromatic carbocycles. The van der Waals surface area contributed by atoms with Crippen molar-refractivity contribution in [2.75, 3.05) is 13.1 Å². The largest absolute Gasteiger partial charge is 0.480 e. The molecule has 0 saturated carbocycles. The Hall–Kier alpha value is -2.30. The second kappa shape index (κ2) is 6.92. The van der Waals surface area contributed by atoms with Gasteiger partial charge in [0.25, 0.3) is 0 Å². The number of urea groups is 1. The molecular weight excluding hydrogens is 268 g/mol. The molecule has 0 fully saturated rings. The highest BCUT2D eigenvalue weighted by Gasteiger charge is 2.24. The van der Waals surface area contributed by atoms with Gasteiger partial charge < -0.3 is 15.3 Å². The van der Waals surface area contributed by atoms with Crippen molar-refractivity contribution in [1.29, 1.82) is 0 Å². The van der Waals surface area contributed by atoms with Gasteiger partial charge >= 0.3 is 12.0 Å². The molecule has 21 heavy (non-hydrogen) atoms. The van der Waals surface area contributed by atoms with Gasteiger partial charge in [-0.2, -0.15) is 0 Å². The third-order valence-electron chi connectivity index (χ3n) is 3.60. The van der Waals surface area contributed by atoms with Crippen LogP contribution in [0.15, 0.2) is 42.0 Å². The zero-order chi connectivity index (χ0) is 15.2. The number of nitrogens with zero attached hydrogens (tertiary/aromatic N) is 1. The van der Waals surface area contributed by atoms with Gasteiger partial charge in [0.1, 0.15) is 6.04 Å². The van der Waals surface area contributed by atoms with Gasteiger partial charge in [-0.05, 0) is 18.9 Å². The third-order valence-corrected chi connectivity index (χ3v) is 3.60. The summed E-state index contributed by atoms with van der Waals surface area (Å²) >= 11 is 0.